The van der Waals surface area contributed by atoms with Gasteiger partial charge in [-0.1, -0.05) is 12.1 Å². The van der Waals surface area contributed by atoms with Gasteiger partial charge < -0.3 is 16.0 Å². The highest BCUT2D eigenvalue weighted by molar-refractivity contribution is 6.04. The van der Waals surface area contributed by atoms with E-state index in [4.69, 9.17) is 0 Å². The molecular weight excluding hydrogens is 290 g/mol. The molecule has 0 saturated carbocycles. The van der Waals surface area contributed by atoms with Crippen LogP contribution in [-0.2, 0) is 4.79 Å². The third-order valence-electron chi connectivity index (χ3n) is 3.65. The van der Waals surface area contributed by atoms with Crippen LogP contribution >= 0.6 is 12.4 Å². The van der Waals surface area contributed by atoms with Gasteiger partial charge in [0.05, 0.1) is 11.3 Å². The van der Waals surface area contributed by atoms with Gasteiger partial charge in [0.25, 0.3) is 5.91 Å². The van der Waals surface area contributed by atoms with E-state index in [1.807, 2.05) is 6.07 Å². The summed E-state index contributed by atoms with van der Waals surface area (Å²) < 4.78 is 0. The highest BCUT2D eigenvalue weighted by Gasteiger charge is 2.25. The zero-order valence-electron chi connectivity index (χ0n) is 12.3. The number of benzene rings is 1. The predicted molar refractivity (Wildman–Crippen MR) is 85.9 cm³/mol. The number of para-hydroxylation sites is 1. The van der Waals surface area contributed by atoms with Crippen LogP contribution in [0.5, 0.6) is 0 Å². The van der Waals surface area contributed by atoms with Gasteiger partial charge in [-0.2, -0.15) is 0 Å². The van der Waals surface area contributed by atoms with Crippen LogP contribution in [0, 0.1) is 5.92 Å². The maximum Gasteiger partial charge on any atom is 0.253 e. The van der Waals surface area contributed by atoms with Crippen LogP contribution in [0.4, 0.5) is 5.69 Å². The fourth-order valence-electron chi connectivity index (χ4n) is 2.53. The smallest absolute Gasteiger partial charge is 0.253 e. The van der Waals surface area contributed by atoms with E-state index >= 15 is 0 Å². The lowest BCUT2D eigenvalue weighted by Crippen LogP contribution is -2.40. The summed E-state index contributed by atoms with van der Waals surface area (Å²) in [6.07, 6.45) is 1.66. The first kappa shape index (κ1) is 17.5. The molecule has 0 radical (unpaired) electrons. The average Bonchev–Trinajstić information content (AvgIpc) is 2.47. The second-order valence-corrected chi connectivity index (χ2v) is 5.19. The number of rotatable bonds is 3. The van der Waals surface area contributed by atoms with Gasteiger partial charge >= 0.3 is 0 Å². The third-order valence-corrected chi connectivity index (χ3v) is 3.65. The highest BCUT2D eigenvalue weighted by atomic mass is 35.5. The Morgan fingerprint density at radius 2 is 2.00 bits per heavy atom. The van der Waals surface area contributed by atoms with Crippen LogP contribution in [0.25, 0.3) is 0 Å². The molecule has 1 aliphatic rings. The molecule has 2 atom stereocenters. The van der Waals surface area contributed by atoms with Crippen LogP contribution in [-0.4, -0.2) is 31.4 Å². The van der Waals surface area contributed by atoms with Gasteiger partial charge in [-0.05, 0) is 38.4 Å². The molecule has 1 heterocycles. The van der Waals surface area contributed by atoms with Crippen LogP contribution in [0.1, 0.15) is 30.1 Å². The molecule has 2 amide bonds. The zero-order valence-corrected chi connectivity index (χ0v) is 13.1. The monoisotopic (exact) mass is 311 g/mol. The number of halogens is 1. The van der Waals surface area contributed by atoms with E-state index in [0.29, 0.717) is 17.3 Å². The molecular formula is C15H22ClN3O2. The maximum absolute atomic E-state index is 12.3. The van der Waals surface area contributed by atoms with Crippen molar-refractivity contribution in [2.45, 2.75) is 25.8 Å². The zero-order chi connectivity index (χ0) is 14.5. The average molecular weight is 312 g/mol. The molecule has 0 aromatic heterocycles. The Morgan fingerprint density at radius 3 is 2.67 bits per heavy atom. The Labute approximate surface area is 131 Å². The Hall–Kier alpha value is -1.59. The van der Waals surface area contributed by atoms with E-state index in [9.17, 15) is 9.59 Å². The molecule has 5 nitrogen and oxygen atoms in total. The van der Waals surface area contributed by atoms with Gasteiger partial charge in [-0.3, -0.25) is 9.59 Å². The minimum absolute atomic E-state index is 0. The standard InChI is InChI=1S/C15H21N3O2.ClH/c1-10-9-11(7-8-17-10)14(19)18-13-6-4-3-5-12(13)15(20)16-2;/h3-6,10-11,17H,7-9H2,1-2H3,(H,16,20)(H,18,19);1H/t10-,11-;/m0./s1. The molecule has 1 aromatic rings. The van der Waals surface area contributed by atoms with E-state index in [1.165, 1.54) is 0 Å². The van der Waals surface area contributed by atoms with Gasteiger partial charge in [-0.25, -0.2) is 0 Å². The lowest BCUT2D eigenvalue weighted by molar-refractivity contribution is -0.120. The highest BCUT2D eigenvalue weighted by Crippen LogP contribution is 2.20. The molecule has 0 aliphatic carbocycles. The quantitative estimate of drug-likeness (QED) is 0.797. The van der Waals surface area contributed by atoms with Crippen molar-refractivity contribution in [2.24, 2.45) is 5.92 Å². The number of hydrogen-bond donors (Lipinski definition) is 3. The van der Waals surface area contributed by atoms with E-state index in [-0.39, 0.29) is 30.1 Å². The van der Waals surface area contributed by atoms with Crippen LogP contribution in [0.15, 0.2) is 24.3 Å². The van der Waals surface area contributed by atoms with Gasteiger partial charge in [0, 0.05) is 19.0 Å². The minimum Gasteiger partial charge on any atom is -0.355 e. The number of hydrogen-bond acceptors (Lipinski definition) is 3. The van der Waals surface area contributed by atoms with Crippen molar-refractivity contribution < 1.29 is 9.59 Å². The van der Waals surface area contributed by atoms with Crippen molar-refractivity contribution in [3.63, 3.8) is 0 Å². The largest absolute Gasteiger partial charge is 0.355 e. The molecule has 0 bridgehead atoms. The Kier molecular flexibility index (Phi) is 6.65. The molecule has 1 aliphatic heterocycles. The molecule has 1 aromatic carbocycles. The number of piperidine rings is 1. The van der Waals surface area contributed by atoms with Crippen molar-refractivity contribution in [3.05, 3.63) is 29.8 Å². The molecule has 3 N–H and O–H groups in total. The third kappa shape index (κ3) is 4.44. The minimum atomic E-state index is -0.195. The van der Waals surface area contributed by atoms with Crippen LogP contribution < -0.4 is 16.0 Å². The lowest BCUT2D eigenvalue weighted by atomic mass is 9.92. The van der Waals surface area contributed by atoms with Crippen molar-refractivity contribution in [1.29, 1.82) is 0 Å². The molecule has 1 saturated heterocycles. The van der Waals surface area contributed by atoms with E-state index in [2.05, 4.69) is 22.9 Å². The molecule has 0 spiro atoms. The first-order chi connectivity index (χ1) is 9.61. The molecule has 1 fully saturated rings. The summed E-state index contributed by atoms with van der Waals surface area (Å²) in [6, 6.07) is 7.42. The first-order valence-corrected chi connectivity index (χ1v) is 6.97. The van der Waals surface area contributed by atoms with Crippen molar-refractivity contribution in [2.75, 3.05) is 18.9 Å². The molecule has 2 rings (SSSR count). The van der Waals surface area contributed by atoms with Crippen LogP contribution in [0.2, 0.25) is 0 Å². The maximum atomic E-state index is 12.3. The number of carbonyl (C=O) groups is 2. The van der Waals surface area contributed by atoms with Gasteiger partial charge in [0.2, 0.25) is 5.91 Å². The normalized spacial score (nSPS) is 21.0. The van der Waals surface area contributed by atoms with Gasteiger partial charge in [0.15, 0.2) is 0 Å². The van der Waals surface area contributed by atoms with E-state index < -0.39 is 0 Å². The molecule has 116 valence electrons. The number of anilines is 1. The summed E-state index contributed by atoms with van der Waals surface area (Å²) in [5.41, 5.74) is 1.06. The number of amides is 2. The van der Waals surface area contributed by atoms with Gasteiger partial charge in [0.1, 0.15) is 0 Å². The van der Waals surface area contributed by atoms with Crippen molar-refractivity contribution in [3.8, 4) is 0 Å². The van der Waals surface area contributed by atoms with Crippen LogP contribution in [0.3, 0.4) is 0 Å². The Bertz CT molecular complexity index is 507. The Balaban J connectivity index is 0.00000220. The van der Waals surface area contributed by atoms with Crippen molar-refractivity contribution in [1.82, 2.24) is 10.6 Å². The van der Waals surface area contributed by atoms with Crippen molar-refractivity contribution >= 4 is 29.9 Å². The fourth-order valence-corrected chi connectivity index (χ4v) is 2.53. The summed E-state index contributed by atoms with van der Waals surface area (Å²) in [5, 5.41) is 8.80. The first-order valence-electron chi connectivity index (χ1n) is 6.97. The summed E-state index contributed by atoms with van der Waals surface area (Å²) in [5.74, 6) is -0.196. The summed E-state index contributed by atoms with van der Waals surface area (Å²) in [4.78, 5) is 24.1. The second kappa shape index (κ2) is 8.00. The summed E-state index contributed by atoms with van der Waals surface area (Å²) in [6.45, 7) is 2.94. The molecule has 6 heteroatoms. The Morgan fingerprint density at radius 1 is 1.29 bits per heavy atom. The SMILES string of the molecule is CNC(=O)c1ccccc1NC(=O)[C@H]1CCN[C@@H](C)C1.Cl. The summed E-state index contributed by atoms with van der Waals surface area (Å²) >= 11 is 0. The molecule has 0 unspecified atom stereocenters. The van der Waals surface area contributed by atoms with Gasteiger partial charge in [-0.15, -0.1) is 12.4 Å². The topological polar surface area (TPSA) is 70.2 Å². The predicted octanol–water partition coefficient (Wildman–Crippen LogP) is 1.79. The summed E-state index contributed by atoms with van der Waals surface area (Å²) in [7, 11) is 1.58. The lowest BCUT2D eigenvalue weighted by Gasteiger charge is -2.27. The second-order valence-electron chi connectivity index (χ2n) is 5.19. The van der Waals surface area contributed by atoms with E-state index in [1.54, 1.807) is 25.2 Å². The number of nitrogens with one attached hydrogen (secondary N) is 3. The fraction of sp³-hybridized carbons (Fsp3) is 0.467. The van der Waals surface area contributed by atoms with E-state index in [0.717, 1.165) is 19.4 Å². The number of carbonyl (C=O) groups excluding carboxylic acids is 2. The molecule has 21 heavy (non-hydrogen) atoms.